The van der Waals surface area contributed by atoms with Crippen LogP contribution in [-0.2, 0) is 0 Å². The third-order valence-electron chi connectivity index (χ3n) is 2.29. The van der Waals surface area contributed by atoms with Gasteiger partial charge in [-0.15, -0.1) is 0 Å². The van der Waals surface area contributed by atoms with E-state index in [4.69, 9.17) is 16.9 Å². The summed E-state index contributed by atoms with van der Waals surface area (Å²) in [5, 5.41) is 11.5. The summed E-state index contributed by atoms with van der Waals surface area (Å²) in [6, 6.07) is 6.01. The van der Waals surface area contributed by atoms with Crippen LogP contribution in [0, 0.1) is 24.1 Å². The van der Waals surface area contributed by atoms with Gasteiger partial charge in [0.15, 0.2) is 0 Å². The molecule has 0 spiro atoms. The zero-order chi connectivity index (χ0) is 13.1. The number of rotatable bonds is 2. The van der Waals surface area contributed by atoms with Crippen molar-refractivity contribution in [3.63, 3.8) is 0 Å². The summed E-state index contributed by atoms with van der Waals surface area (Å²) < 4.78 is 13.7. The Kier molecular flexibility index (Phi) is 3.40. The van der Waals surface area contributed by atoms with Gasteiger partial charge >= 0.3 is 0 Å². The highest BCUT2D eigenvalue weighted by atomic mass is 35.5. The van der Waals surface area contributed by atoms with Crippen molar-refractivity contribution in [3.8, 4) is 6.07 Å². The molecule has 0 amide bonds. The highest BCUT2D eigenvalue weighted by Crippen LogP contribution is 2.22. The predicted molar refractivity (Wildman–Crippen MR) is 66.2 cm³/mol. The van der Waals surface area contributed by atoms with Gasteiger partial charge in [0.1, 0.15) is 11.6 Å². The summed E-state index contributed by atoms with van der Waals surface area (Å²) in [5.74, 6) is -0.0956. The Balaban J connectivity index is 2.34. The van der Waals surface area contributed by atoms with Crippen molar-refractivity contribution in [3.05, 3.63) is 46.6 Å². The lowest BCUT2D eigenvalue weighted by Crippen LogP contribution is -2.00. The lowest BCUT2D eigenvalue weighted by molar-refractivity contribution is 0.631. The number of benzene rings is 1. The zero-order valence-corrected chi connectivity index (χ0v) is 10.2. The average Bonchev–Trinajstić information content (AvgIpc) is 2.36. The molecule has 1 N–H and O–H groups in total. The molecule has 4 nitrogen and oxygen atoms in total. The zero-order valence-electron chi connectivity index (χ0n) is 9.41. The molecule has 2 rings (SSSR count). The molecular weight excluding hydrogens is 255 g/mol. The third kappa shape index (κ3) is 2.55. The molecule has 0 radical (unpaired) electrons. The van der Waals surface area contributed by atoms with Gasteiger partial charge in [0.05, 0.1) is 17.3 Å². The second-order valence-corrected chi connectivity index (χ2v) is 3.94. The van der Waals surface area contributed by atoms with E-state index >= 15 is 0 Å². The maximum Gasteiger partial charge on any atom is 0.224 e. The largest absolute Gasteiger partial charge is 0.337 e. The van der Waals surface area contributed by atoms with E-state index in [0.29, 0.717) is 5.82 Å². The fourth-order valence-electron chi connectivity index (χ4n) is 1.36. The Morgan fingerprint density at radius 3 is 2.89 bits per heavy atom. The summed E-state index contributed by atoms with van der Waals surface area (Å²) >= 11 is 5.67. The fourth-order valence-corrected chi connectivity index (χ4v) is 1.49. The summed E-state index contributed by atoms with van der Waals surface area (Å²) in [6.45, 7) is 1.78. The monoisotopic (exact) mass is 262 g/mol. The number of nitrogens with one attached hydrogen (secondary N) is 1. The first kappa shape index (κ1) is 12.3. The molecule has 0 saturated heterocycles. The normalized spacial score (nSPS) is 9.89. The van der Waals surface area contributed by atoms with E-state index in [1.54, 1.807) is 13.1 Å². The number of nitriles is 1. The molecule has 0 aliphatic carbocycles. The van der Waals surface area contributed by atoms with Crippen LogP contribution in [0.2, 0.25) is 5.28 Å². The maximum atomic E-state index is 13.7. The highest BCUT2D eigenvalue weighted by Gasteiger charge is 2.07. The van der Waals surface area contributed by atoms with E-state index in [9.17, 15) is 4.39 Å². The highest BCUT2D eigenvalue weighted by molar-refractivity contribution is 6.28. The molecule has 1 heterocycles. The minimum absolute atomic E-state index is 0.0807. The summed E-state index contributed by atoms with van der Waals surface area (Å²) in [6.07, 6.45) is 1.54. The smallest absolute Gasteiger partial charge is 0.224 e. The van der Waals surface area contributed by atoms with E-state index < -0.39 is 5.82 Å². The minimum atomic E-state index is -0.525. The molecule has 0 aliphatic rings. The Bertz CT molecular complexity index is 636. The van der Waals surface area contributed by atoms with Crippen LogP contribution < -0.4 is 5.32 Å². The van der Waals surface area contributed by atoms with Crippen molar-refractivity contribution in [2.24, 2.45) is 0 Å². The SMILES string of the molecule is Cc1cnc(Cl)nc1Nc1ccc(C#N)cc1F. The molecule has 6 heteroatoms. The quantitative estimate of drug-likeness (QED) is 0.845. The lowest BCUT2D eigenvalue weighted by Gasteiger charge is -2.09. The molecule has 1 aromatic carbocycles. The van der Waals surface area contributed by atoms with E-state index in [0.717, 1.165) is 11.6 Å². The van der Waals surface area contributed by atoms with Gasteiger partial charge in [0.25, 0.3) is 0 Å². The van der Waals surface area contributed by atoms with Crippen LogP contribution in [0.15, 0.2) is 24.4 Å². The van der Waals surface area contributed by atoms with Crippen LogP contribution in [0.4, 0.5) is 15.9 Å². The number of aromatic nitrogens is 2. The molecule has 0 unspecified atom stereocenters. The first-order chi connectivity index (χ1) is 8.60. The van der Waals surface area contributed by atoms with E-state index in [1.807, 2.05) is 6.07 Å². The second-order valence-electron chi connectivity index (χ2n) is 3.60. The number of halogens is 2. The number of hydrogen-bond acceptors (Lipinski definition) is 4. The Hall–Kier alpha value is -2.19. The standard InChI is InChI=1S/C12H8ClFN4/c1-7-6-16-12(13)18-11(7)17-10-3-2-8(5-15)4-9(10)14/h2-4,6H,1H3,(H,16,17,18). The predicted octanol–water partition coefficient (Wildman–Crippen LogP) is 3.19. The van der Waals surface area contributed by atoms with Gasteiger partial charge in [-0.25, -0.2) is 14.4 Å². The van der Waals surface area contributed by atoms with Crippen LogP contribution in [0.1, 0.15) is 11.1 Å². The molecule has 0 atom stereocenters. The van der Waals surface area contributed by atoms with Crippen LogP contribution in [0.3, 0.4) is 0 Å². The Labute approximate surface area is 108 Å². The fraction of sp³-hybridized carbons (Fsp3) is 0.0833. The van der Waals surface area contributed by atoms with E-state index in [-0.39, 0.29) is 16.5 Å². The molecule has 0 saturated carbocycles. The minimum Gasteiger partial charge on any atom is -0.337 e. The van der Waals surface area contributed by atoms with E-state index in [2.05, 4.69) is 15.3 Å². The molecule has 0 fully saturated rings. The molecule has 0 bridgehead atoms. The van der Waals surface area contributed by atoms with Gasteiger partial charge in [-0.05, 0) is 36.7 Å². The number of aryl methyl sites for hydroxylation is 1. The molecule has 18 heavy (non-hydrogen) atoms. The number of hydrogen-bond donors (Lipinski definition) is 1. The van der Waals surface area contributed by atoms with Gasteiger partial charge in [-0.3, -0.25) is 0 Å². The van der Waals surface area contributed by atoms with Crippen molar-refractivity contribution in [2.45, 2.75) is 6.92 Å². The topological polar surface area (TPSA) is 61.6 Å². The van der Waals surface area contributed by atoms with Gasteiger partial charge in [-0.2, -0.15) is 5.26 Å². The van der Waals surface area contributed by atoms with Crippen molar-refractivity contribution in [1.29, 1.82) is 5.26 Å². The summed E-state index contributed by atoms with van der Waals surface area (Å²) in [5.41, 5.74) is 1.23. The van der Waals surface area contributed by atoms with E-state index in [1.165, 1.54) is 12.1 Å². The first-order valence-corrected chi connectivity index (χ1v) is 5.44. The summed E-state index contributed by atoms with van der Waals surface area (Å²) in [7, 11) is 0. The molecule has 2 aromatic rings. The van der Waals surface area contributed by atoms with Gasteiger partial charge < -0.3 is 5.32 Å². The average molecular weight is 263 g/mol. The van der Waals surface area contributed by atoms with Gasteiger partial charge in [-0.1, -0.05) is 0 Å². The van der Waals surface area contributed by atoms with Crippen LogP contribution in [-0.4, -0.2) is 9.97 Å². The number of anilines is 2. The van der Waals surface area contributed by atoms with Crippen LogP contribution >= 0.6 is 11.6 Å². The van der Waals surface area contributed by atoms with Crippen molar-refractivity contribution < 1.29 is 4.39 Å². The van der Waals surface area contributed by atoms with Crippen molar-refractivity contribution >= 4 is 23.1 Å². The molecular formula is C12H8ClFN4. The molecule has 90 valence electrons. The maximum absolute atomic E-state index is 13.7. The molecule has 0 aliphatic heterocycles. The number of nitrogens with zero attached hydrogens (tertiary/aromatic N) is 3. The van der Waals surface area contributed by atoms with Gasteiger partial charge in [0, 0.05) is 11.8 Å². The Morgan fingerprint density at radius 1 is 1.44 bits per heavy atom. The molecule has 1 aromatic heterocycles. The first-order valence-electron chi connectivity index (χ1n) is 5.06. The van der Waals surface area contributed by atoms with Crippen molar-refractivity contribution in [2.75, 3.05) is 5.32 Å². The van der Waals surface area contributed by atoms with Gasteiger partial charge in [0.2, 0.25) is 5.28 Å². The third-order valence-corrected chi connectivity index (χ3v) is 2.48. The Morgan fingerprint density at radius 2 is 2.22 bits per heavy atom. The lowest BCUT2D eigenvalue weighted by atomic mass is 10.2. The van der Waals surface area contributed by atoms with Crippen LogP contribution in [0.5, 0.6) is 0 Å². The summed E-state index contributed by atoms with van der Waals surface area (Å²) in [4.78, 5) is 7.77. The second kappa shape index (κ2) is 4.98. The van der Waals surface area contributed by atoms with Crippen molar-refractivity contribution in [1.82, 2.24) is 9.97 Å². The van der Waals surface area contributed by atoms with Crippen LogP contribution in [0.25, 0.3) is 0 Å².